The summed E-state index contributed by atoms with van der Waals surface area (Å²) in [5.41, 5.74) is 5.31. The van der Waals surface area contributed by atoms with Crippen LogP contribution in [0.15, 0.2) is 0 Å². The van der Waals surface area contributed by atoms with Gasteiger partial charge in [0.2, 0.25) is 0 Å². The van der Waals surface area contributed by atoms with Crippen molar-refractivity contribution in [3.8, 4) is 0 Å². The zero-order chi connectivity index (χ0) is 10.7. The van der Waals surface area contributed by atoms with Gasteiger partial charge in [-0.3, -0.25) is 9.63 Å². The van der Waals surface area contributed by atoms with Crippen molar-refractivity contribution in [3.63, 3.8) is 0 Å². The summed E-state index contributed by atoms with van der Waals surface area (Å²) in [4.78, 5) is 17.4. The molecule has 2 N–H and O–H groups in total. The second kappa shape index (κ2) is 4.47. The lowest BCUT2D eigenvalue weighted by Gasteiger charge is -2.37. The molecule has 2 aliphatic heterocycles. The zero-order valence-electron chi connectivity index (χ0n) is 8.91. The summed E-state index contributed by atoms with van der Waals surface area (Å²) in [6.45, 7) is 2.42. The Morgan fingerprint density at radius 3 is 2.53 bits per heavy atom. The maximum Gasteiger partial charge on any atom is 0.266 e. The Morgan fingerprint density at radius 2 is 1.93 bits per heavy atom. The van der Waals surface area contributed by atoms with Crippen molar-refractivity contribution in [1.82, 2.24) is 5.06 Å². The van der Waals surface area contributed by atoms with Crippen molar-refractivity contribution in [1.29, 1.82) is 0 Å². The van der Waals surface area contributed by atoms with Gasteiger partial charge in [0.15, 0.2) is 0 Å². The zero-order valence-corrected chi connectivity index (χ0v) is 8.91. The summed E-state index contributed by atoms with van der Waals surface area (Å²) >= 11 is 0. The summed E-state index contributed by atoms with van der Waals surface area (Å²) in [5, 5.41) is 1.44. The third-order valence-corrected chi connectivity index (χ3v) is 3.04. The maximum absolute atomic E-state index is 12.1. The smallest absolute Gasteiger partial charge is 0.266 e. The van der Waals surface area contributed by atoms with Gasteiger partial charge in [-0.2, -0.15) is 0 Å². The molecule has 0 aliphatic carbocycles. The first-order chi connectivity index (χ1) is 7.22. The van der Waals surface area contributed by atoms with Gasteiger partial charge in [-0.05, 0) is 25.7 Å². The lowest BCUT2D eigenvalue weighted by atomic mass is 9.90. The normalized spacial score (nSPS) is 26.3. The molecule has 0 unspecified atom stereocenters. The molecule has 2 aliphatic rings. The third-order valence-electron chi connectivity index (χ3n) is 3.04. The van der Waals surface area contributed by atoms with E-state index < -0.39 is 5.54 Å². The van der Waals surface area contributed by atoms with Crippen molar-refractivity contribution >= 4 is 5.91 Å². The Morgan fingerprint density at radius 1 is 1.20 bits per heavy atom. The van der Waals surface area contributed by atoms with Crippen LogP contribution >= 0.6 is 0 Å². The Balaban J connectivity index is 1.98. The molecule has 0 radical (unpaired) electrons. The Labute approximate surface area is 89.5 Å². The number of nitrogens with two attached hydrogens (primary N) is 1. The molecule has 5 nitrogen and oxygen atoms in total. The molecule has 2 saturated heterocycles. The van der Waals surface area contributed by atoms with Crippen LogP contribution in [-0.2, 0) is 14.4 Å². The number of ether oxygens (including phenoxy) is 1. The van der Waals surface area contributed by atoms with E-state index in [2.05, 4.69) is 0 Å². The van der Waals surface area contributed by atoms with Gasteiger partial charge in [-0.1, -0.05) is 0 Å². The lowest BCUT2D eigenvalue weighted by molar-refractivity contribution is -0.205. The first kappa shape index (κ1) is 10.9. The lowest BCUT2D eigenvalue weighted by Crippen LogP contribution is -2.58. The molecule has 5 heteroatoms. The van der Waals surface area contributed by atoms with Crippen LogP contribution in [0.4, 0.5) is 0 Å². The molecular weight excluding hydrogens is 196 g/mol. The summed E-state index contributed by atoms with van der Waals surface area (Å²) in [6.07, 6.45) is 3.19. The quantitative estimate of drug-likeness (QED) is 0.669. The molecule has 0 aromatic heterocycles. The number of amides is 1. The fraction of sp³-hybridized carbons (Fsp3) is 0.900. The minimum absolute atomic E-state index is 0.0782. The Bertz CT molecular complexity index is 233. The molecule has 0 bridgehead atoms. The van der Waals surface area contributed by atoms with Crippen LogP contribution in [0.25, 0.3) is 0 Å². The van der Waals surface area contributed by atoms with Crippen LogP contribution in [0.5, 0.6) is 0 Å². The van der Waals surface area contributed by atoms with Gasteiger partial charge in [0.1, 0.15) is 5.54 Å². The highest BCUT2D eigenvalue weighted by Gasteiger charge is 2.39. The number of carbonyl (C=O) groups is 1. The van der Waals surface area contributed by atoms with Crippen LogP contribution in [0, 0.1) is 0 Å². The number of carbonyl (C=O) groups excluding carboxylic acids is 1. The average Bonchev–Trinajstić information content (AvgIpc) is 2.30. The fourth-order valence-electron chi connectivity index (χ4n) is 1.95. The first-order valence-electron chi connectivity index (χ1n) is 5.54. The van der Waals surface area contributed by atoms with Crippen molar-refractivity contribution < 1.29 is 14.4 Å². The van der Waals surface area contributed by atoms with E-state index >= 15 is 0 Å². The Hall–Kier alpha value is -0.650. The van der Waals surface area contributed by atoms with Crippen LogP contribution in [0.2, 0.25) is 0 Å². The van der Waals surface area contributed by atoms with Crippen LogP contribution in [-0.4, -0.2) is 42.9 Å². The predicted molar refractivity (Wildman–Crippen MR) is 53.9 cm³/mol. The van der Waals surface area contributed by atoms with E-state index in [1.807, 2.05) is 0 Å². The van der Waals surface area contributed by atoms with Crippen molar-refractivity contribution in [3.05, 3.63) is 0 Å². The van der Waals surface area contributed by atoms with E-state index in [4.69, 9.17) is 15.3 Å². The number of rotatable bonds is 1. The fourth-order valence-corrected chi connectivity index (χ4v) is 1.95. The molecule has 2 heterocycles. The second-order valence-electron chi connectivity index (χ2n) is 4.22. The molecule has 0 aromatic carbocycles. The SMILES string of the molecule is NC1(C(=O)N2CCCCO2)CCOCC1. The highest BCUT2D eigenvalue weighted by molar-refractivity contribution is 5.85. The molecule has 0 spiro atoms. The van der Waals surface area contributed by atoms with Crippen LogP contribution < -0.4 is 5.73 Å². The average molecular weight is 214 g/mol. The van der Waals surface area contributed by atoms with Crippen LogP contribution in [0.3, 0.4) is 0 Å². The molecule has 15 heavy (non-hydrogen) atoms. The molecule has 0 atom stereocenters. The number of nitrogens with zero attached hydrogens (tertiary/aromatic N) is 1. The van der Waals surface area contributed by atoms with E-state index in [0.717, 1.165) is 12.8 Å². The molecule has 2 rings (SSSR count). The van der Waals surface area contributed by atoms with Crippen molar-refractivity contribution in [2.24, 2.45) is 5.73 Å². The molecular formula is C10H18N2O3. The van der Waals surface area contributed by atoms with E-state index in [0.29, 0.717) is 39.2 Å². The largest absolute Gasteiger partial charge is 0.381 e. The molecule has 0 saturated carbocycles. The standard InChI is InChI=1S/C10H18N2O3/c11-10(3-7-14-8-4-10)9(13)12-5-1-2-6-15-12/h1-8,11H2. The highest BCUT2D eigenvalue weighted by Crippen LogP contribution is 2.22. The number of hydrogen-bond acceptors (Lipinski definition) is 4. The van der Waals surface area contributed by atoms with Crippen molar-refractivity contribution in [2.45, 2.75) is 31.2 Å². The van der Waals surface area contributed by atoms with E-state index in [-0.39, 0.29) is 5.91 Å². The summed E-state index contributed by atoms with van der Waals surface area (Å²) in [5.74, 6) is -0.0782. The summed E-state index contributed by atoms with van der Waals surface area (Å²) in [7, 11) is 0. The molecule has 0 aromatic rings. The monoisotopic (exact) mass is 214 g/mol. The minimum atomic E-state index is -0.768. The van der Waals surface area contributed by atoms with Gasteiger partial charge < -0.3 is 10.5 Å². The van der Waals surface area contributed by atoms with Gasteiger partial charge in [-0.25, -0.2) is 5.06 Å². The minimum Gasteiger partial charge on any atom is -0.381 e. The maximum atomic E-state index is 12.1. The first-order valence-corrected chi connectivity index (χ1v) is 5.54. The summed E-state index contributed by atoms with van der Waals surface area (Å²) < 4.78 is 5.21. The highest BCUT2D eigenvalue weighted by atomic mass is 16.7. The molecule has 86 valence electrons. The topological polar surface area (TPSA) is 64.8 Å². The molecule has 2 fully saturated rings. The van der Waals surface area contributed by atoms with Gasteiger partial charge in [0.25, 0.3) is 5.91 Å². The van der Waals surface area contributed by atoms with E-state index in [1.54, 1.807) is 0 Å². The Kier molecular flexibility index (Phi) is 3.23. The van der Waals surface area contributed by atoms with E-state index in [9.17, 15) is 4.79 Å². The van der Waals surface area contributed by atoms with Gasteiger partial charge in [-0.15, -0.1) is 0 Å². The number of hydrogen-bond donors (Lipinski definition) is 1. The summed E-state index contributed by atoms with van der Waals surface area (Å²) in [6, 6.07) is 0. The second-order valence-corrected chi connectivity index (χ2v) is 4.22. The number of hydroxylamine groups is 2. The van der Waals surface area contributed by atoms with Gasteiger partial charge in [0.05, 0.1) is 6.61 Å². The van der Waals surface area contributed by atoms with Crippen molar-refractivity contribution in [2.75, 3.05) is 26.4 Å². The molecule has 1 amide bonds. The van der Waals surface area contributed by atoms with Gasteiger partial charge in [0, 0.05) is 19.8 Å². The third kappa shape index (κ3) is 2.30. The predicted octanol–water partition coefficient (Wildman–Crippen LogP) is 0.0483. The van der Waals surface area contributed by atoms with E-state index in [1.165, 1.54) is 5.06 Å². The van der Waals surface area contributed by atoms with Gasteiger partial charge >= 0.3 is 0 Å². The van der Waals surface area contributed by atoms with Crippen LogP contribution in [0.1, 0.15) is 25.7 Å².